The van der Waals surface area contributed by atoms with Gasteiger partial charge in [0.05, 0.1) is 0 Å². The Labute approximate surface area is 103 Å². The highest BCUT2D eigenvalue weighted by Crippen LogP contribution is 2.25. The second-order valence-electron chi connectivity index (χ2n) is 4.98. The number of anilines is 1. The lowest BCUT2D eigenvalue weighted by Crippen LogP contribution is -2.43. The third-order valence-corrected chi connectivity index (χ3v) is 3.70. The summed E-state index contributed by atoms with van der Waals surface area (Å²) >= 11 is 0. The molecule has 0 bridgehead atoms. The smallest absolute Gasteiger partial charge is 0.225 e. The van der Waals surface area contributed by atoms with Crippen LogP contribution in [0.15, 0.2) is 12.4 Å². The summed E-state index contributed by atoms with van der Waals surface area (Å²) in [6.07, 6.45) is 6.40. The van der Waals surface area contributed by atoms with E-state index in [-0.39, 0.29) is 0 Å². The van der Waals surface area contributed by atoms with Crippen LogP contribution in [0.4, 0.5) is 5.95 Å². The van der Waals surface area contributed by atoms with Crippen molar-refractivity contribution < 1.29 is 0 Å². The molecule has 1 aromatic rings. The van der Waals surface area contributed by atoms with Crippen LogP contribution in [0.1, 0.15) is 32.3 Å². The number of hydrogen-bond donors (Lipinski definition) is 1. The summed E-state index contributed by atoms with van der Waals surface area (Å²) in [4.78, 5) is 11.3. The normalized spacial score (nSPS) is 25.0. The molecule has 0 saturated carbocycles. The van der Waals surface area contributed by atoms with Crippen molar-refractivity contribution in [1.29, 1.82) is 0 Å². The number of nitrogens with zero attached hydrogens (tertiary/aromatic N) is 3. The summed E-state index contributed by atoms with van der Waals surface area (Å²) in [7, 11) is 1.93. The number of hydrogen-bond acceptors (Lipinski definition) is 4. The second-order valence-corrected chi connectivity index (χ2v) is 4.98. The highest BCUT2D eigenvalue weighted by molar-refractivity contribution is 5.32. The van der Waals surface area contributed by atoms with Crippen molar-refractivity contribution in [2.75, 3.05) is 18.5 Å². The monoisotopic (exact) mass is 234 g/mol. The molecule has 1 fully saturated rings. The first-order chi connectivity index (χ1) is 8.22. The maximum absolute atomic E-state index is 4.48. The zero-order chi connectivity index (χ0) is 12.3. The summed E-state index contributed by atoms with van der Waals surface area (Å²) in [5, 5.41) is 3.11. The Kier molecular flexibility index (Phi) is 3.94. The first-order valence-electron chi connectivity index (χ1n) is 6.44. The molecule has 0 amide bonds. The van der Waals surface area contributed by atoms with Gasteiger partial charge in [-0.05, 0) is 32.7 Å². The van der Waals surface area contributed by atoms with Crippen LogP contribution in [0.25, 0.3) is 0 Å². The first-order valence-corrected chi connectivity index (χ1v) is 6.44. The van der Waals surface area contributed by atoms with Crippen LogP contribution in [0.3, 0.4) is 0 Å². The average Bonchev–Trinajstić information content (AvgIpc) is 2.34. The molecule has 94 valence electrons. The van der Waals surface area contributed by atoms with Crippen LogP contribution in [0, 0.1) is 5.92 Å². The maximum Gasteiger partial charge on any atom is 0.225 e. The summed E-state index contributed by atoms with van der Waals surface area (Å²) in [5.74, 6) is 1.60. The lowest BCUT2D eigenvalue weighted by molar-refractivity contribution is 0.359. The van der Waals surface area contributed by atoms with E-state index >= 15 is 0 Å². The number of nitrogens with one attached hydrogen (secondary N) is 1. The van der Waals surface area contributed by atoms with E-state index in [1.54, 1.807) is 0 Å². The van der Waals surface area contributed by atoms with E-state index in [4.69, 9.17) is 0 Å². The molecule has 4 heteroatoms. The van der Waals surface area contributed by atoms with Gasteiger partial charge in [-0.1, -0.05) is 6.92 Å². The van der Waals surface area contributed by atoms with E-state index < -0.39 is 0 Å². The van der Waals surface area contributed by atoms with Gasteiger partial charge in [0.25, 0.3) is 0 Å². The third kappa shape index (κ3) is 2.75. The Morgan fingerprint density at radius 1 is 1.35 bits per heavy atom. The number of piperidine rings is 1. The molecule has 2 rings (SSSR count). The molecule has 1 aliphatic heterocycles. The van der Waals surface area contributed by atoms with Crippen LogP contribution in [0.5, 0.6) is 0 Å². The van der Waals surface area contributed by atoms with Crippen LogP contribution < -0.4 is 10.2 Å². The zero-order valence-electron chi connectivity index (χ0n) is 11.0. The van der Waals surface area contributed by atoms with Crippen molar-refractivity contribution in [3.05, 3.63) is 18.0 Å². The Morgan fingerprint density at radius 2 is 2.06 bits per heavy atom. The topological polar surface area (TPSA) is 41.1 Å². The zero-order valence-corrected chi connectivity index (χ0v) is 11.0. The lowest BCUT2D eigenvalue weighted by Gasteiger charge is -2.37. The van der Waals surface area contributed by atoms with Gasteiger partial charge in [0.15, 0.2) is 0 Å². The Morgan fingerprint density at radius 3 is 2.71 bits per heavy atom. The Hall–Kier alpha value is -1.16. The van der Waals surface area contributed by atoms with Crippen molar-refractivity contribution in [3.63, 3.8) is 0 Å². The number of aromatic nitrogens is 2. The molecule has 2 atom stereocenters. The number of rotatable bonds is 3. The van der Waals surface area contributed by atoms with Crippen molar-refractivity contribution in [2.24, 2.45) is 5.92 Å². The SMILES string of the molecule is CNCc1cnc(N2CCCC(C)C2C)nc1. The molecule has 4 nitrogen and oxygen atoms in total. The molecule has 1 N–H and O–H groups in total. The van der Waals surface area contributed by atoms with E-state index in [1.807, 2.05) is 19.4 Å². The van der Waals surface area contributed by atoms with E-state index in [9.17, 15) is 0 Å². The molecule has 0 radical (unpaired) electrons. The first kappa shape index (κ1) is 12.3. The highest BCUT2D eigenvalue weighted by Gasteiger charge is 2.26. The minimum absolute atomic E-state index is 0.541. The summed E-state index contributed by atoms with van der Waals surface area (Å²) in [6, 6.07) is 0.541. The average molecular weight is 234 g/mol. The standard InChI is InChI=1S/C13H22N4/c1-10-5-4-6-17(11(10)2)13-15-8-12(7-14-3)9-16-13/h8-11,14H,4-7H2,1-3H3. The van der Waals surface area contributed by atoms with Gasteiger partial charge in [-0.15, -0.1) is 0 Å². The van der Waals surface area contributed by atoms with E-state index in [0.29, 0.717) is 6.04 Å². The maximum atomic E-state index is 4.48. The molecule has 1 saturated heterocycles. The Bertz CT molecular complexity index is 349. The molecule has 1 aliphatic rings. The summed E-state index contributed by atoms with van der Waals surface area (Å²) < 4.78 is 0. The largest absolute Gasteiger partial charge is 0.338 e. The molecule has 17 heavy (non-hydrogen) atoms. The summed E-state index contributed by atoms with van der Waals surface area (Å²) in [5.41, 5.74) is 1.13. The van der Waals surface area contributed by atoms with Crippen LogP contribution in [0.2, 0.25) is 0 Å². The molecule has 0 spiro atoms. The molecular weight excluding hydrogens is 212 g/mol. The molecule has 1 aromatic heterocycles. The van der Waals surface area contributed by atoms with Crippen molar-refractivity contribution >= 4 is 5.95 Å². The van der Waals surface area contributed by atoms with Crippen LogP contribution in [-0.4, -0.2) is 29.6 Å². The van der Waals surface area contributed by atoms with Gasteiger partial charge in [-0.25, -0.2) is 9.97 Å². The third-order valence-electron chi connectivity index (χ3n) is 3.70. The minimum Gasteiger partial charge on any atom is -0.338 e. The fourth-order valence-electron chi connectivity index (χ4n) is 2.41. The van der Waals surface area contributed by atoms with Crippen LogP contribution >= 0.6 is 0 Å². The predicted octanol–water partition coefficient (Wildman–Crippen LogP) is 1.82. The highest BCUT2D eigenvalue weighted by atomic mass is 15.3. The molecule has 2 unspecified atom stereocenters. The quantitative estimate of drug-likeness (QED) is 0.866. The van der Waals surface area contributed by atoms with Gasteiger partial charge in [-0.3, -0.25) is 0 Å². The lowest BCUT2D eigenvalue weighted by atomic mass is 9.92. The van der Waals surface area contributed by atoms with Crippen molar-refractivity contribution in [1.82, 2.24) is 15.3 Å². The van der Waals surface area contributed by atoms with Gasteiger partial charge in [-0.2, -0.15) is 0 Å². The van der Waals surface area contributed by atoms with Gasteiger partial charge >= 0.3 is 0 Å². The van der Waals surface area contributed by atoms with Crippen LogP contribution in [-0.2, 0) is 6.54 Å². The van der Waals surface area contributed by atoms with Gasteiger partial charge in [0.2, 0.25) is 5.95 Å². The van der Waals surface area contributed by atoms with E-state index in [0.717, 1.165) is 30.5 Å². The Balaban J connectivity index is 2.10. The molecule has 0 aromatic carbocycles. The van der Waals surface area contributed by atoms with E-state index in [1.165, 1.54) is 12.8 Å². The molecular formula is C13H22N4. The van der Waals surface area contributed by atoms with Gasteiger partial charge in [0, 0.05) is 37.1 Å². The predicted molar refractivity (Wildman–Crippen MR) is 70.0 cm³/mol. The second kappa shape index (κ2) is 5.45. The van der Waals surface area contributed by atoms with E-state index in [2.05, 4.69) is 34.0 Å². The van der Waals surface area contributed by atoms with Crippen molar-refractivity contribution in [3.8, 4) is 0 Å². The summed E-state index contributed by atoms with van der Waals surface area (Å²) in [6.45, 7) is 6.49. The molecule has 2 heterocycles. The van der Waals surface area contributed by atoms with Crippen molar-refractivity contribution in [2.45, 2.75) is 39.3 Å². The van der Waals surface area contributed by atoms with Gasteiger partial charge < -0.3 is 10.2 Å². The fraction of sp³-hybridized carbons (Fsp3) is 0.692. The van der Waals surface area contributed by atoms with Gasteiger partial charge in [0.1, 0.15) is 0 Å². The minimum atomic E-state index is 0.541. The molecule has 0 aliphatic carbocycles. The fourth-order valence-corrected chi connectivity index (χ4v) is 2.41.